The molecule has 0 atom stereocenters. The van der Waals surface area contributed by atoms with Crippen LogP contribution in [0, 0.1) is 5.41 Å². The molecule has 1 saturated heterocycles. The molecule has 2 N–H and O–H groups in total. The van der Waals surface area contributed by atoms with E-state index in [4.69, 9.17) is 0 Å². The molecule has 0 aromatic carbocycles. The Morgan fingerprint density at radius 1 is 1.22 bits per heavy atom. The third-order valence-electron chi connectivity index (χ3n) is 2.38. The Morgan fingerprint density at radius 3 is 2.17 bits per heavy atom. The number of carbonyl (C=O) groups excluding carboxylic acids is 4. The molecule has 1 aliphatic rings. The van der Waals surface area contributed by atoms with Crippen molar-refractivity contribution >= 4 is 23.6 Å². The summed E-state index contributed by atoms with van der Waals surface area (Å²) in [6.07, 6.45) is 0. The third-order valence-corrected chi connectivity index (χ3v) is 2.38. The van der Waals surface area contributed by atoms with E-state index in [-0.39, 0.29) is 25.5 Å². The van der Waals surface area contributed by atoms with Crippen LogP contribution in [0.5, 0.6) is 0 Å². The minimum Gasteiger partial charge on any atom is -0.347 e. The number of imide groups is 1. The van der Waals surface area contributed by atoms with Gasteiger partial charge in [-0.15, -0.1) is 0 Å². The number of carbonyl (C=O) groups is 4. The molecule has 0 radical (unpaired) electrons. The molecule has 18 heavy (non-hydrogen) atoms. The molecular formula is C11H17N3O4. The molecule has 0 aromatic rings. The van der Waals surface area contributed by atoms with Gasteiger partial charge in [0, 0.05) is 5.41 Å². The first-order chi connectivity index (χ1) is 8.20. The maximum Gasteiger partial charge on any atom is 0.246 e. The summed E-state index contributed by atoms with van der Waals surface area (Å²) < 4.78 is 0. The summed E-state index contributed by atoms with van der Waals surface area (Å²) in [6.45, 7) is 4.66. The molecule has 100 valence electrons. The van der Waals surface area contributed by atoms with E-state index >= 15 is 0 Å². The molecular weight excluding hydrogens is 238 g/mol. The van der Waals surface area contributed by atoms with Crippen LogP contribution in [-0.2, 0) is 19.2 Å². The van der Waals surface area contributed by atoms with Crippen molar-refractivity contribution in [3.63, 3.8) is 0 Å². The van der Waals surface area contributed by atoms with Gasteiger partial charge in [0.1, 0.15) is 13.1 Å². The predicted octanol–water partition coefficient (Wildman–Crippen LogP) is -1.37. The highest BCUT2D eigenvalue weighted by molar-refractivity contribution is 6.03. The summed E-state index contributed by atoms with van der Waals surface area (Å²) in [5, 5.41) is 4.57. The Labute approximate surface area is 105 Å². The van der Waals surface area contributed by atoms with Crippen molar-refractivity contribution in [3.05, 3.63) is 0 Å². The van der Waals surface area contributed by atoms with Gasteiger partial charge in [-0.05, 0) is 0 Å². The smallest absolute Gasteiger partial charge is 0.246 e. The average molecular weight is 255 g/mol. The van der Waals surface area contributed by atoms with Gasteiger partial charge in [0.2, 0.25) is 23.6 Å². The highest BCUT2D eigenvalue weighted by Gasteiger charge is 2.27. The summed E-state index contributed by atoms with van der Waals surface area (Å²) in [5.41, 5.74) is -0.588. The lowest BCUT2D eigenvalue weighted by Gasteiger charge is -2.26. The van der Waals surface area contributed by atoms with Gasteiger partial charge >= 0.3 is 0 Å². The molecule has 1 aliphatic heterocycles. The fourth-order valence-electron chi connectivity index (χ4n) is 1.35. The van der Waals surface area contributed by atoms with Crippen molar-refractivity contribution < 1.29 is 19.2 Å². The van der Waals surface area contributed by atoms with Crippen LogP contribution >= 0.6 is 0 Å². The molecule has 0 saturated carbocycles. The van der Waals surface area contributed by atoms with Crippen molar-refractivity contribution in [3.8, 4) is 0 Å². The summed E-state index contributed by atoms with van der Waals surface area (Å²) >= 11 is 0. The first-order valence-corrected chi connectivity index (χ1v) is 5.59. The van der Waals surface area contributed by atoms with Crippen molar-refractivity contribution in [1.29, 1.82) is 0 Å². The fourth-order valence-corrected chi connectivity index (χ4v) is 1.35. The molecule has 0 bridgehead atoms. The maximum atomic E-state index is 11.7. The van der Waals surface area contributed by atoms with Crippen molar-refractivity contribution in [2.24, 2.45) is 5.41 Å². The van der Waals surface area contributed by atoms with Gasteiger partial charge in [-0.2, -0.15) is 0 Å². The lowest BCUT2D eigenvalue weighted by atomic mass is 9.96. The summed E-state index contributed by atoms with van der Waals surface area (Å²) in [7, 11) is 0. The second-order valence-corrected chi connectivity index (χ2v) is 5.15. The zero-order valence-corrected chi connectivity index (χ0v) is 10.7. The Bertz CT molecular complexity index is 382. The number of rotatable bonds is 2. The van der Waals surface area contributed by atoms with Gasteiger partial charge < -0.3 is 10.2 Å². The van der Waals surface area contributed by atoms with E-state index in [0.29, 0.717) is 0 Å². The van der Waals surface area contributed by atoms with Gasteiger partial charge in [0.15, 0.2) is 0 Å². The molecule has 0 aliphatic carbocycles. The predicted molar refractivity (Wildman–Crippen MR) is 62.2 cm³/mol. The SMILES string of the molecule is CC(C)(C)C(=O)NCC(=O)N1CC(=O)NC(=O)C1. The standard InChI is InChI=1S/C11H17N3O4/c1-11(2,3)10(18)12-4-9(17)14-5-7(15)13-8(16)6-14/h4-6H2,1-3H3,(H,12,18)(H,13,15,16). The van der Waals surface area contributed by atoms with Crippen LogP contribution in [0.1, 0.15) is 20.8 Å². The number of piperazine rings is 1. The number of nitrogens with zero attached hydrogens (tertiary/aromatic N) is 1. The van der Waals surface area contributed by atoms with Gasteiger partial charge in [-0.3, -0.25) is 24.5 Å². The number of hydrogen-bond acceptors (Lipinski definition) is 4. The number of hydrogen-bond donors (Lipinski definition) is 2. The van der Waals surface area contributed by atoms with E-state index in [1.807, 2.05) is 0 Å². The molecule has 0 spiro atoms. The Hall–Kier alpha value is -1.92. The summed E-state index contributed by atoms with van der Waals surface area (Å²) in [5.74, 6) is -1.73. The van der Waals surface area contributed by atoms with E-state index in [9.17, 15) is 19.2 Å². The number of amides is 4. The van der Waals surface area contributed by atoms with Crippen LogP contribution in [0.2, 0.25) is 0 Å². The van der Waals surface area contributed by atoms with Crippen LogP contribution in [0.15, 0.2) is 0 Å². The highest BCUT2D eigenvalue weighted by atomic mass is 16.2. The van der Waals surface area contributed by atoms with Gasteiger partial charge in [-0.25, -0.2) is 0 Å². The fraction of sp³-hybridized carbons (Fsp3) is 0.636. The normalized spacial score (nSPS) is 16.3. The highest BCUT2D eigenvalue weighted by Crippen LogP contribution is 2.12. The summed E-state index contributed by atoms with van der Waals surface area (Å²) in [4.78, 5) is 46.5. The van der Waals surface area contributed by atoms with Gasteiger partial charge in [-0.1, -0.05) is 20.8 Å². The molecule has 1 heterocycles. The lowest BCUT2D eigenvalue weighted by Crippen LogP contribution is -2.55. The van der Waals surface area contributed by atoms with Gasteiger partial charge in [0.05, 0.1) is 6.54 Å². The second kappa shape index (κ2) is 5.16. The van der Waals surface area contributed by atoms with E-state index in [2.05, 4.69) is 10.6 Å². The average Bonchev–Trinajstić information content (AvgIpc) is 2.22. The van der Waals surface area contributed by atoms with Crippen LogP contribution in [-0.4, -0.2) is 48.2 Å². The third kappa shape index (κ3) is 3.83. The Kier molecular flexibility index (Phi) is 4.05. The van der Waals surface area contributed by atoms with Crippen LogP contribution < -0.4 is 10.6 Å². The van der Waals surface area contributed by atoms with Crippen molar-refractivity contribution in [1.82, 2.24) is 15.5 Å². The topological polar surface area (TPSA) is 95.6 Å². The zero-order chi connectivity index (χ0) is 13.9. The molecule has 7 nitrogen and oxygen atoms in total. The van der Waals surface area contributed by atoms with E-state index in [1.54, 1.807) is 20.8 Å². The first kappa shape index (κ1) is 14.1. The van der Waals surface area contributed by atoms with E-state index < -0.39 is 23.1 Å². The Morgan fingerprint density at radius 2 is 1.72 bits per heavy atom. The van der Waals surface area contributed by atoms with Gasteiger partial charge in [0.25, 0.3) is 0 Å². The Balaban J connectivity index is 2.48. The zero-order valence-electron chi connectivity index (χ0n) is 10.7. The second-order valence-electron chi connectivity index (χ2n) is 5.15. The van der Waals surface area contributed by atoms with Crippen LogP contribution in [0.4, 0.5) is 0 Å². The maximum absolute atomic E-state index is 11.7. The molecule has 0 unspecified atom stereocenters. The molecule has 1 rings (SSSR count). The van der Waals surface area contributed by atoms with Crippen molar-refractivity contribution in [2.75, 3.05) is 19.6 Å². The molecule has 0 aromatic heterocycles. The summed E-state index contributed by atoms with van der Waals surface area (Å²) in [6, 6.07) is 0. The molecule has 1 fully saturated rings. The molecule has 7 heteroatoms. The molecule has 4 amide bonds. The van der Waals surface area contributed by atoms with Crippen molar-refractivity contribution in [2.45, 2.75) is 20.8 Å². The minimum atomic E-state index is -0.588. The van der Waals surface area contributed by atoms with Crippen LogP contribution in [0.3, 0.4) is 0 Å². The van der Waals surface area contributed by atoms with Crippen LogP contribution in [0.25, 0.3) is 0 Å². The quantitative estimate of drug-likeness (QED) is 0.595. The monoisotopic (exact) mass is 255 g/mol. The van der Waals surface area contributed by atoms with E-state index in [1.165, 1.54) is 0 Å². The number of nitrogens with one attached hydrogen (secondary N) is 2. The largest absolute Gasteiger partial charge is 0.347 e. The first-order valence-electron chi connectivity index (χ1n) is 5.59. The minimum absolute atomic E-state index is 0.157. The van der Waals surface area contributed by atoms with E-state index in [0.717, 1.165) is 4.90 Å². The lowest BCUT2D eigenvalue weighted by molar-refractivity contribution is -0.145.